The summed E-state index contributed by atoms with van der Waals surface area (Å²) in [5, 5.41) is 11.1. The third kappa shape index (κ3) is 9.11. The molecule has 222 valence electrons. The number of benzene rings is 1. The van der Waals surface area contributed by atoms with E-state index in [0.717, 1.165) is 6.07 Å². The van der Waals surface area contributed by atoms with Crippen molar-refractivity contribution in [3.63, 3.8) is 0 Å². The summed E-state index contributed by atoms with van der Waals surface area (Å²) in [6.07, 6.45) is -2.66. The van der Waals surface area contributed by atoms with Crippen LogP contribution in [0.4, 0.5) is 23.2 Å². The molecule has 2 fully saturated rings. The molecule has 2 heterocycles. The molecule has 0 unspecified atom stereocenters. The predicted molar refractivity (Wildman–Crippen MR) is 135 cm³/mol. The van der Waals surface area contributed by atoms with E-state index in [4.69, 9.17) is 5.11 Å². The first kappa shape index (κ1) is 32.9. The third-order valence-corrected chi connectivity index (χ3v) is 10.2. The molecular weight excluding hydrogens is 570 g/mol. The van der Waals surface area contributed by atoms with Crippen molar-refractivity contribution in [1.82, 2.24) is 8.61 Å². The molecule has 0 saturated carbocycles. The number of nitrogens with zero attached hydrogens (tertiary/aromatic N) is 2. The van der Waals surface area contributed by atoms with Gasteiger partial charge in [0.25, 0.3) is 0 Å². The van der Waals surface area contributed by atoms with Crippen LogP contribution in [0.5, 0.6) is 0 Å². The number of carbonyl (C=O) groups excluding carboxylic acids is 1. The lowest BCUT2D eigenvalue weighted by atomic mass is 9.98. The topological polar surface area (TPSA) is 141 Å². The summed E-state index contributed by atoms with van der Waals surface area (Å²) in [6, 6.07) is 2.12. The SMILES string of the molecule is CCS(=O)(=O)N1CCC[C@H](C(=O)Nc2ccc(C(F)(F)F)c(F)c2)C1.CCS(=O)(=O)N1CCC[C@H](C(=O)O)C1. The van der Waals surface area contributed by atoms with Crippen LogP contribution in [0, 0.1) is 17.7 Å². The van der Waals surface area contributed by atoms with Crippen molar-refractivity contribution in [2.45, 2.75) is 45.7 Å². The summed E-state index contributed by atoms with van der Waals surface area (Å²) in [5.74, 6) is -4.14. The van der Waals surface area contributed by atoms with E-state index in [1.54, 1.807) is 6.92 Å². The zero-order valence-electron chi connectivity index (χ0n) is 21.6. The molecule has 2 aliphatic heterocycles. The van der Waals surface area contributed by atoms with Gasteiger partial charge in [0, 0.05) is 31.9 Å². The van der Waals surface area contributed by atoms with Gasteiger partial charge in [0.2, 0.25) is 26.0 Å². The lowest BCUT2D eigenvalue weighted by molar-refractivity contribution is -0.143. The molecule has 3 rings (SSSR count). The molecule has 10 nitrogen and oxygen atoms in total. The molecule has 1 aromatic carbocycles. The summed E-state index contributed by atoms with van der Waals surface area (Å²) in [5.41, 5.74) is -1.52. The third-order valence-electron chi connectivity index (χ3n) is 6.55. The number of carboxylic acids is 1. The highest BCUT2D eigenvalue weighted by Gasteiger charge is 2.35. The fourth-order valence-corrected chi connectivity index (χ4v) is 6.60. The lowest BCUT2D eigenvalue weighted by Crippen LogP contribution is -2.44. The highest BCUT2D eigenvalue weighted by molar-refractivity contribution is 7.89. The van der Waals surface area contributed by atoms with Crippen LogP contribution in [-0.2, 0) is 35.8 Å². The number of hydrogen-bond acceptors (Lipinski definition) is 6. The molecule has 0 aromatic heterocycles. The molecule has 0 bridgehead atoms. The molecule has 16 heteroatoms. The van der Waals surface area contributed by atoms with Crippen molar-refractivity contribution in [3.8, 4) is 0 Å². The number of halogens is 4. The van der Waals surface area contributed by atoms with Crippen LogP contribution in [0.15, 0.2) is 18.2 Å². The molecular formula is C23H33F4N3O7S2. The van der Waals surface area contributed by atoms with Crippen molar-refractivity contribution in [2.75, 3.05) is 43.0 Å². The number of anilines is 1. The number of carboxylic acid groups (broad SMARTS) is 1. The Hall–Kier alpha value is -2.30. The molecule has 0 radical (unpaired) electrons. The van der Waals surface area contributed by atoms with Gasteiger partial charge in [0.05, 0.1) is 28.9 Å². The van der Waals surface area contributed by atoms with Crippen molar-refractivity contribution in [2.24, 2.45) is 11.8 Å². The number of amides is 1. The second kappa shape index (κ2) is 13.4. The fraction of sp³-hybridized carbons (Fsp3) is 0.652. The van der Waals surface area contributed by atoms with Crippen LogP contribution in [0.25, 0.3) is 0 Å². The van der Waals surface area contributed by atoms with Gasteiger partial charge in [-0.25, -0.2) is 29.8 Å². The Kier molecular flexibility index (Phi) is 11.3. The number of alkyl halides is 3. The van der Waals surface area contributed by atoms with Crippen LogP contribution in [-0.4, -0.2) is 80.1 Å². The Morgan fingerprint density at radius 3 is 1.87 bits per heavy atom. The Bertz CT molecular complexity index is 1240. The smallest absolute Gasteiger partial charge is 0.419 e. The van der Waals surface area contributed by atoms with E-state index in [1.165, 1.54) is 15.5 Å². The summed E-state index contributed by atoms with van der Waals surface area (Å²) in [4.78, 5) is 22.9. The maximum atomic E-state index is 13.5. The first-order valence-electron chi connectivity index (χ1n) is 12.4. The van der Waals surface area contributed by atoms with E-state index in [2.05, 4.69) is 5.32 Å². The molecule has 1 amide bonds. The monoisotopic (exact) mass is 603 g/mol. The highest BCUT2D eigenvalue weighted by Crippen LogP contribution is 2.32. The first-order chi connectivity index (χ1) is 18.0. The Labute approximate surface area is 225 Å². The maximum absolute atomic E-state index is 13.5. The predicted octanol–water partition coefficient (Wildman–Crippen LogP) is 2.98. The van der Waals surface area contributed by atoms with Gasteiger partial charge in [0.1, 0.15) is 5.82 Å². The molecule has 2 N–H and O–H groups in total. The van der Waals surface area contributed by atoms with E-state index in [-0.39, 0.29) is 30.3 Å². The Morgan fingerprint density at radius 2 is 1.44 bits per heavy atom. The standard InChI is InChI=1S/C15H18F4N2O3S.C8H15NO4S/c1-2-25(23,24)21-7-3-4-10(9-21)14(22)20-11-5-6-12(13(16)8-11)15(17,18)19;1-2-14(12,13)9-5-3-4-7(6-9)8(10)11/h5-6,8,10H,2-4,7,9H2,1H3,(H,20,22);7H,2-6H2,1H3,(H,10,11)/t10-;7-/m00/s1. The van der Waals surface area contributed by atoms with Crippen molar-refractivity contribution >= 4 is 37.6 Å². The Morgan fingerprint density at radius 1 is 0.949 bits per heavy atom. The molecule has 39 heavy (non-hydrogen) atoms. The van der Waals surface area contributed by atoms with Crippen molar-refractivity contribution in [3.05, 3.63) is 29.6 Å². The second-order valence-electron chi connectivity index (χ2n) is 9.22. The van der Waals surface area contributed by atoms with Gasteiger partial charge in [-0.1, -0.05) is 0 Å². The molecule has 0 spiro atoms. The van der Waals surface area contributed by atoms with Crippen molar-refractivity contribution in [1.29, 1.82) is 0 Å². The van der Waals surface area contributed by atoms with Crippen LogP contribution in [0.3, 0.4) is 0 Å². The van der Waals surface area contributed by atoms with Gasteiger partial charge in [-0.2, -0.15) is 13.2 Å². The minimum absolute atomic E-state index is 0.00508. The number of hydrogen-bond donors (Lipinski definition) is 2. The van der Waals surface area contributed by atoms with E-state index >= 15 is 0 Å². The largest absolute Gasteiger partial charge is 0.481 e. The van der Waals surface area contributed by atoms with Crippen LogP contribution in [0.1, 0.15) is 45.1 Å². The van der Waals surface area contributed by atoms with Gasteiger partial charge < -0.3 is 10.4 Å². The first-order valence-corrected chi connectivity index (χ1v) is 15.6. The number of nitrogens with one attached hydrogen (secondary N) is 1. The van der Waals surface area contributed by atoms with Crippen LogP contribution < -0.4 is 5.32 Å². The van der Waals surface area contributed by atoms with Crippen LogP contribution >= 0.6 is 0 Å². The second-order valence-corrected chi connectivity index (χ2v) is 13.7. The van der Waals surface area contributed by atoms with Gasteiger partial charge >= 0.3 is 12.1 Å². The molecule has 2 aliphatic rings. The van der Waals surface area contributed by atoms with E-state index in [1.807, 2.05) is 0 Å². The summed E-state index contributed by atoms with van der Waals surface area (Å²) < 4.78 is 100. The number of sulfonamides is 2. The molecule has 0 aliphatic carbocycles. The van der Waals surface area contributed by atoms with E-state index < -0.39 is 61.3 Å². The quantitative estimate of drug-likeness (QED) is 0.457. The fourth-order valence-electron chi connectivity index (χ4n) is 4.24. The van der Waals surface area contributed by atoms with E-state index in [9.17, 15) is 44.0 Å². The number of piperidine rings is 2. The van der Waals surface area contributed by atoms with Gasteiger partial charge in [-0.05, 0) is 57.7 Å². The van der Waals surface area contributed by atoms with Crippen molar-refractivity contribution < 1.29 is 49.1 Å². The normalized spacial score (nSPS) is 21.5. The van der Waals surface area contributed by atoms with E-state index in [0.29, 0.717) is 50.9 Å². The molecule has 1 aromatic rings. The number of rotatable bonds is 7. The number of aliphatic carboxylic acids is 1. The maximum Gasteiger partial charge on any atom is 0.419 e. The summed E-state index contributed by atoms with van der Waals surface area (Å²) in [6.45, 7) is 4.00. The molecule has 2 atom stereocenters. The zero-order chi connectivity index (χ0) is 29.6. The van der Waals surface area contributed by atoms with Gasteiger partial charge in [0.15, 0.2) is 0 Å². The van der Waals surface area contributed by atoms with Gasteiger partial charge in [-0.3, -0.25) is 9.59 Å². The average Bonchev–Trinajstić information content (AvgIpc) is 2.88. The lowest BCUT2D eigenvalue weighted by Gasteiger charge is -2.30. The minimum Gasteiger partial charge on any atom is -0.481 e. The minimum atomic E-state index is -4.81. The average molecular weight is 604 g/mol. The van der Waals surface area contributed by atoms with Gasteiger partial charge in [-0.15, -0.1) is 0 Å². The molecule has 2 saturated heterocycles. The summed E-state index contributed by atoms with van der Waals surface area (Å²) >= 11 is 0. The number of carbonyl (C=O) groups is 2. The van der Waals surface area contributed by atoms with Crippen LogP contribution in [0.2, 0.25) is 0 Å². The Balaban J connectivity index is 0.000000322. The summed E-state index contributed by atoms with van der Waals surface area (Å²) in [7, 11) is -6.64. The highest BCUT2D eigenvalue weighted by atomic mass is 32.2. The zero-order valence-corrected chi connectivity index (χ0v) is 23.2.